The fourth-order valence-corrected chi connectivity index (χ4v) is 5.42. The lowest BCUT2D eigenvalue weighted by molar-refractivity contribution is -0.280. The highest BCUT2D eigenvalue weighted by atomic mass is 35.5. The highest BCUT2D eigenvalue weighted by Crippen LogP contribution is 2.70. The number of amides is 2. The number of nitrogens with zero attached hydrogens (tertiary/aromatic N) is 3. The smallest absolute Gasteiger partial charge is 0.252 e. The van der Waals surface area contributed by atoms with E-state index < -0.39 is 22.9 Å². The second-order valence-corrected chi connectivity index (χ2v) is 9.35. The molecule has 8 heteroatoms. The molecule has 6 rings (SSSR count). The minimum Gasteiger partial charge on any atom is -0.390 e. The van der Waals surface area contributed by atoms with E-state index in [9.17, 15) is 19.1 Å². The van der Waals surface area contributed by atoms with E-state index in [1.807, 2.05) is 12.1 Å². The van der Waals surface area contributed by atoms with Crippen LogP contribution in [-0.4, -0.2) is 45.0 Å². The largest absolute Gasteiger partial charge is 0.390 e. The molecule has 1 aromatic carbocycles. The number of anilines is 1. The highest BCUT2D eigenvalue weighted by Gasteiger charge is 2.73. The van der Waals surface area contributed by atoms with E-state index in [0.717, 1.165) is 10.5 Å². The summed E-state index contributed by atoms with van der Waals surface area (Å²) < 4.78 is 14.6. The molecule has 1 aliphatic heterocycles. The maximum Gasteiger partial charge on any atom is 0.252 e. The Morgan fingerprint density at radius 2 is 1.90 bits per heavy atom. The van der Waals surface area contributed by atoms with Gasteiger partial charge < -0.3 is 10.0 Å². The first kappa shape index (κ1) is 19.5. The van der Waals surface area contributed by atoms with Gasteiger partial charge in [-0.1, -0.05) is 23.7 Å². The van der Waals surface area contributed by atoms with Gasteiger partial charge in [-0.2, -0.15) is 0 Å². The average molecular weight is 430 g/mol. The summed E-state index contributed by atoms with van der Waals surface area (Å²) in [6.07, 6.45) is 2.89. The van der Waals surface area contributed by atoms with Crippen molar-refractivity contribution in [3.8, 4) is 0 Å². The number of carbonyl (C=O) groups is 2. The Kier molecular flexibility index (Phi) is 4.21. The Morgan fingerprint density at radius 1 is 1.23 bits per heavy atom. The van der Waals surface area contributed by atoms with Crippen LogP contribution in [0.15, 0.2) is 36.5 Å². The first-order chi connectivity index (χ1) is 14.2. The second-order valence-electron chi connectivity index (χ2n) is 8.91. The van der Waals surface area contributed by atoms with Gasteiger partial charge in [-0.3, -0.25) is 14.5 Å². The van der Waals surface area contributed by atoms with Crippen molar-refractivity contribution in [2.75, 3.05) is 11.4 Å². The zero-order chi connectivity index (χ0) is 21.3. The number of hydrogen-bond donors (Lipinski definition) is 1. The van der Waals surface area contributed by atoms with Crippen LogP contribution in [0, 0.1) is 18.2 Å². The third-order valence-corrected chi connectivity index (χ3v) is 6.78. The number of pyridine rings is 1. The van der Waals surface area contributed by atoms with Gasteiger partial charge in [0, 0.05) is 23.2 Å². The monoisotopic (exact) mass is 429 g/mol. The van der Waals surface area contributed by atoms with Crippen molar-refractivity contribution in [1.29, 1.82) is 0 Å². The van der Waals surface area contributed by atoms with Crippen LogP contribution in [0.5, 0.6) is 0 Å². The van der Waals surface area contributed by atoms with Crippen molar-refractivity contribution < 1.29 is 19.1 Å². The molecular weight excluding hydrogens is 409 g/mol. The van der Waals surface area contributed by atoms with Crippen molar-refractivity contribution >= 4 is 29.2 Å². The molecule has 2 heterocycles. The molecule has 156 valence electrons. The van der Waals surface area contributed by atoms with Gasteiger partial charge >= 0.3 is 0 Å². The summed E-state index contributed by atoms with van der Waals surface area (Å²) in [5.74, 6) is -1.37. The highest BCUT2D eigenvalue weighted by molar-refractivity contribution is 6.30. The van der Waals surface area contributed by atoms with Crippen molar-refractivity contribution in [2.24, 2.45) is 5.41 Å². The van der Waals surface area contributed by atoms with Gasteiger partial charge in [0.1, 0.15) is 12.6 Å². The number of aliphatic hydroxyl groups is 1. The van der Waals surface area contributed by atoms with Gasteiger partial charge in [-0.25, -0.2) is 9.37 Å². The summed E-state index contributed by atoms with van der Waals surface area (Å²) in [4.78, 5) is 33.5. The molecule has 1 N–H and O–H groups in total. The molecule has 2 bridgehead atoms. The van der Waals surface area contributed by atoms with Crippen molar-refractivity contribution in [1.82, 2.24) is 9.88 Å². The van der Waals surface area contributed by atoms with Crippen LogP contribution in [0.1, 0.15) is 30.4 Å². The number of carbonyl (C=O) groups excluding carboxylic acids is 2. The maximum atomic E-state index is 14.6. The van der Waals surface area contributed by atoms with Crippen molar-refractivity contribution in [3.05, 3.63) is 58.5 Å². The number of aromatic nitrogens is 1. The number of rotatable bonds is 4. The molecule has 4 aliphatic rings. The first-order valence-electron chi connectivity index (χ1n) is 9.90. The summed E-state index contributed by atoms with van der Waals surface area (Å²) >= 11 is 5.96. The van der Waals surface area contributed by atoms with Crippen LogP contribution in [0.25, 0.3) is 0 Å². The second kappa shape index (κ2) is 6.49. The summed E-state index contributed by atoms with van der Waals surface area (Å²) in [7, 11) is 0. The number of piperazine rings is 1. The van der Waals surface area contributed by atoms with E-state index in [1.54, 1.807) is 24.0 Å². The molecule has 3 saturated carbocycles. The van der Waals surface area contributed by atoms with Gasteiger partial charge in [0.25, 0.3) is 5.91 Å². The molecule has 4 fully saturated rings. The molecule has 1 atom stereocenters. The van der Waals surface area contributed by atoms with Crippen molar-refractivity contribution in [2.45, 2.75) is 44.4 Å². The van der Waals surface area contributed by atoms with Crippen LogP contribution in [0.3, 0.4) is 0 Å². The van der Waals surface area contributed by atoms with Gasteiger partial charge in [0.05, 0.1) is 5.60 Å². The van der Waals surface area contributed by atoms with Crippen molar-refractivity contribution in [3.63, 3.8) is 0 Å². The lowest BCUT2D eigenvalue weighted by Crippen LogP contribution is -2.78. The Morgan fingerprint density at radius 3 is 2.50 bits per heavy atom. The third-order valence-electron chi connectivity index (χ3n) is 6.53. The number of aryl methyl sites for hydroxylation is 1. The molecule has 2 aromatic rings. The summed E-state index contributed by atoms with van der Waals surface area (Å²) in [5, 5.41) is 10.9. The minimum atomic E-state index is -0.758. The standard InChI is InChI=1S/C22H21ClFN3O3/c1-13-6-16(24)19(25-7-13)27-9-17(28)26(8-14-2-4-15(23)5-3-14)18(20(27)29)21-10-22(30,11-21)12-21/h2-7,18,30H,8-12H2,1H3. The Hall–Kier alpha value is -2.51. The van der Waals surface area contributed by atoms with E-state index in [4.69, 9.17) is 11.6 Å². The molecule has 1 aromatic heterocycles. The molecule has 6 nitrogen and oxygen atoms in total. The Balaban J connectivity index is 1.50. The fourth-order valence-electron chi connectivity index (χ4n) is 5.29. The van der Waals surface area contributed by atoms with Gasteiger partial charge in [-0.05, 0) is 55.5 Å². The number of benzene rings is 1. The van der Waals surface area contributed by atoms with Gasteiger partial charge in [0.2, 0.25) is 5.91 Å². The zero-order valence-electron chi connectivity index (χ0n) is 16.4. The fraction of sp³-hybridized carbons (Fsp3) is 0.409. The van der Waals surface area contributed by atoms with Gasteiger partial charge in [-0.15, -0.1) is 0 Å². The van der Waals surface area contributed by atoms with E-state index in [2.05, 4.69) is 4.98 Å². The maximum absolute atomic E-state index is 14.6. The van der Waals surface area contributed by atoms with E-state index in [-0.39, 0.29) is 30.7 Å². The predicted octanol–water partition coefficient (Wildman–Crippen LogP) is 2.84. The van der Waals surface area contributed by atoms with Crippen LogP contribution in [0.2, 0.25) is 5.02 Å². The molecule has 1 saturated heterocycles. The molecular formula is C22H21ClFN3O3. The lowest BCUT2D eigenvalue weighted by atomic mass is 9.38. The van der Waals surface area contributed by atoms with E-state index >= 15 is 0 Å². The summed E-state index contributed by atoms with van der Waals surface area (Å²) in [5.41, 5.74) is 0.289. The number of hydrogen-bond acceptors (Lipinski definition) is 4. The van der Waals surface area contributed by atoms with E-state index in [1.165, 1.54) is 12.3 Å². The van der Waals surface area contributed by atoms with Crippen LogP contribution in [0.4, 0.5) is 10.2 Å². The normalized spacial score (nSPS) is 30.2. The molecule has 1 unspecified atom stereocenters. The molecule has 0 radical (unpaired) electrons. The predicted molar refractivity (Wildman–Crippen MR) is 108 cm³/mol. The van der Waals surface area contributed by atoms with Crippen LogP contribution < -0.4 is 4.90 Å². The van der Waals surface area contributed by atoms with Crippen LogP contribution in [-0.2, 0) is 16.1 Å². The molecule has 30 heavy (non-hydrogen) atoms. The Bertz CT molecular complexity index is 1040. The first-order valence-corrected chi connectivity index (χ1v) is 10.3. The summed E-state index contributed by atoms with van der Waals surface area (Å²) in [6.45, 7) is 1.70. The molecule has 0 spiro atoms. The Labute approximate surface area is 178 Å². The van der Waals surface area contributed by atoms with Crippen LogP contribution >= 0.6 is 11.6 Å². The average Bonchev–Trinajstić information content (AvgIpc) is 2.64. The molecule has 2 amide bonds. The number of halogens is 2. The van der Waals surface area contributed by atoms with Gasteiger partial charge in [0.15, 0.2) is 11.6 Å². The molecule has 3 aliphatic carbocycles. The van der Waals surface area contributed by atoms with E-state index in [0.29, 0.717) is 29.8 Å². The third kappa shape index (κ3) is 2.91. The zero-order valence-corrected chi connectivity index (χ0v) is 17.2. The lowest BCUT2D eigenvalue weighted by Gasteiger charge is -2.71. The topological polar surface area (TPSA) is 73.7 Å². The minimum absolute atomic E-state index is 0.125. The SMILES string of the molecule is Cc1cnc(N2CC(=O)N(Cc3ccc(Cl)cc3)C(C34CC(O)(C3)C4)C2=O)c(F)c1. The quantitative estimate of drug-likeness (QED) is 0.811. The summed E-state index contributed by atoms with van der Waals surface area (Å²) in [6, 6.07) is 7.67.